The second-order valence-electron chi connectivity index (χ2n) is 9.00. The summed E-state index contributed by atoms with van der Waals surface area (Å²) in [5.41, 5.74) is 0.0507. The third-order valence-corrected chi connectivity index (χ3v) is 6.83. The zero-order valence-corrected chi connectivity index (χ0v) is 18.8. The Morgan fingerprint density at radius 1 is 1.19 bits per heavy atom. The molecule has 7 heteroatoms. The fraction of sp³-hybridized carbons (Fsp3) is 0.708. The van der Waals surface area contributed by atoms with Gasteiger partial charge in [-0.25, -0.2) is 0 Å². The molecule has 0 saturated carbocycles. The van der Waals surface area contributed by atoms with Gasteiger partial charge in [-0.15, -0.1) is 0 Å². The molecule has 1 aromatic carbocycles. The number of hydrogen-bond donors (Lipinski definition) is 1. The lowest BCUT2D eigenvalue weighted by Gasteiger charge is -2.43. The predicted octanol–water partition coefficient (Wildman–Crippen LogP) is 4.34. The number of benzene rings is 1. The molecule has 3 rings (SSSR count). The minimum absolute atomic E-state index is 0.0258. The molecule has 1 aromatic rings. The average Bonchev–Trinajstić information content (AvgIpc) is 2.77. The molecular weight excluding hydrogens is 403 g/mol. The third-order valence-electron chi connectivity index (χ3n) is 6.83. The van der Waals surface area contributed by atoms with E-state index in [1.54, 1.807) is 6.07 Å². The van der Waals surface area contributed by atoms with Crippen molar-refractivity contribution >= 4 is 5.91 Å². The summed E-state index contributed by atoms with van der Waals surface area (Å²) < 4.78 is 39.4. The Morgan fingerprint density at radius 3 is 2.48 bits per heavy atom. The number of likely N-dealkylation sites (tertiary alicyclic amines) is 1. The minimum Gasteiger partial charge on any atom is -0.341 e. The van der Waals surface area contributed by atoms with Crippen LogP contribution in [0.15, 0.2) is 24.3 Å². The van der Waals surface area contributed by atoms with Gasteiger partial charge in [0.1, 0.15) is 0 Å². The van der Waals surface area contributed by atoms with Crippen molar-refractivity contribution in [3.05, 3.63) is 35.4 Å². The standard InChI is InChI=1S/C24H36F3N3O/c1-3-30(18(2)16-19-8-7-9-21(17-19)24(25,26)27)22(20-10-12-28-13-11-20)23(31)29-14-5-4-6-15-29/h7-9,17-18,20,22,28H,3-6,10-16H2,1-2H3. The number of hydrogen-bond acceptors (Lipinski definition) is 3. The smallest absolute Gasteiger partial charge is 0.341 e. The summed E-state index contributed by atoms with van der Waals surface area (Å²) in [6.07, 6.45) is 1.34. The van der Waals surface area contributed by atoms with Crippen LogP contribution in [0.2, 0.25) is 0 Å². The summed E-state index contributed by atoms with van der Waals surface area (Å²) in [4.78, 5) is 17.9. The lowest BCUT2D eigenvalue weighted by atomic mass is 9.86. The van der Waals surface area contributed by atoms with Crippen molar-refractivity contribution in [2.75, 3.05) is 32.7 Å². The van der Waals surface area contributed by atoms with Crippen molar-refractivity contribution in [1.29, 1.82) is 0 Å². The van der Waals surface area contributed by atoms with E-state index in [-0.39, 0.29) is 23.9 Å². The van der Waals surface area contributed by atoms with Crippen molar-refractivity contribution < 1.29 is 18.0 Å². The molecule has 1 amide bonds. The second kappa shape index (κ2) is 10.8. The quantitative estimate of drug-likeness (QED) is 0.687. The van der Waals surface area contributed by atoms with Crippen molar-refractivity contribution in [3.63, 3.8) is 0 Å². The Morgan fingerprint density at radius 2 is 1.87 bits per heavy atom. The fourth-order valence-electron chi connectivity index (χ4n) is 5.19. The van der Waals surface area contributed by atoms with Gasteiger partial charge in [-0.1, -0.05) is 25.1 Å². The van der Waals surface area contributed by atoms with Crippen LogP contribution in [0.5, 0.6) is 0 Å². The second-order valence-corrected chi connectivity index (χ2v) is 9.00. The summed E-state index contributed by atoms with van der Waals surface area (Å²) in [5.74, 6) is 0.490. The molecule has 2 atom stereocenters. The highest BCUT2D eigenvalue weighted by Crippen LogP contribution is 2.31. The normalized spacial score (nSPS) is 20.6. The Balaban J connectivity index is 1.80. The molecule has 1 N–H and O–H groups in total. The van der Waals surface area contributed by atoms with Crippen LogP contribution in [0, 0.1) is 5.92 Å². The molecule has 2 saturated heterocycles. The number of rotatable bonds is 7. The topological polar surface area (TPSA) is 35.6 Å². The molecule has 2 aliphatic rings. The highest BCUT2D eigenvalue weighted by Gasteiger charge is 2.38. The number of nitrogens with zero attached hydrogens (tertiary/aromatic N) is 2. The van der Waals surface area contributed by atoms with E-state index in [0.717, 1.165) is 57.9 Å². The van der Waals surface area contributed by atoms with Gasteiger partial charge < -0.3 is 10.2 Å². The van der Waals surface area contributed by atoms with Crippen LogP contribution in [0.4, 0.5) is 13.2 Å². The first-order valence-corrected chi connectivity index (χ1v) is 11.7. The number of carbonyl (C=O) groups is 1. The van der Waals surface area contributed by atoms with Crippen LogP contribution in [0.1, 0.15) is 57.1 Å². The number of likely N-dealkylation sites (N-methyl/N-ethyl adjacent to an activating group) is 1. The maximum absolute atomic E-state index is 13.7. The van der Waals surface area contributed by atoms with Crippen molar-refractivity contribution in [3.8, 4) is 0 Å². The lowest BCUT2D eigenvalue weighted by Crippen LogP contribution is -2.57. The maximum atomic E-state index is 13.7. The zero-order chi connectivity index (χ0) is 22.4. The number of carbonyl (C=O) groups excluding carboxylic acids is 1. The van der Waals surface area contributed by atoms with Crippen molar-refractivity contribution in [2.45, 2.75) is 70.6 Å². The SMILES string of the molecule is CCN(C(C)Cc1cccc(C(F)(F)F)c1)C(C(=O)N1CCCCC1)C1CCNCC1. The van der Waals surface area contributed by atoms with Crippen LogP contribution >= 0.6 is 0 Å². The van der Waals surface area contributed by atoms with Gasteiger partial charge >= 0.3 is 6.18 Å². The summed E-state index contributed by atoms with van der Waals surface area (Å²) in [7, 11) is 0. The molecule has 0 radical (unpaired) electrons. The molecule has 0 bridgehead atoms. The fourth-order valence-corrected chi connectivity index (χ4v) is 5.19. The first-order chi connectivity index (χ1) is 14.8. The first kappa shape index (κ1) is 24.1. The molecule has 2 heterocycles. The van der Waals surface area contributed by atoms with Gasteiger partial charge in [-0.3, -0.25) is 9.69 Å². The first-order valence-electron chi connectivity index (χ1n) is 11.7. The molecule has 0 aromatic heterocycles. The summed E-state index contributed by atoms with van der Waals surface area (Å²) in [6.45, 7) is 8.26. The maximum Gasteiger partial charge on any atom is 0.416 e. The van der Waals surface area contributed by atoms with Crippen LogP contribution in [0.25, 0.3) is 0 Å². The number of alkyl halides is 3. The zero-order valence-electron chi connectivity index (χ0n) is 18.8. The van der Waals surface area contributed by atoms with E-state index in [0.29, 0.717) is 18.5 Å². The van der Waals surface area contributed by atoms with Gasteiger partial charge in [0, 0.05) is 19.1 Å². The Bertz CT molecular complexity index is 712. The Kier molecular flexibility index (Phi) is 8.39. The van der Waals surface area contributed by atoms with Gasteiger partial charge in [-0.2, -0.15) is 13.2 Å². The van der Waals surface area contributed by atoms with Crippen LogP contribution in [-0.2, 0) is 17.4 Å². The van der Waals surface area contributed by atoms with Crippen LogP contribution in [-0.4, -0.2) is 60.5 Å². The number of piperidine rings is 2. The van der Waals surface area contributed by atoms with Gasteiger partial charge in [0.2, 0.25) is 5.91 Å². The van der Waals surface area contributed by atoms with Crippen molar-refractivity contribution in [1.82, 2.24) is 15.1 Å². The molecule has 4 nitrogen and oxygen atoms in total. The van der Waals surface area contributed by atoms with Crippen molar-refractivity contribution in [2.24, 2.45) is 5.92 Å². The predicted molar refractivity (Wildman–Crippen MR) is 117 cm³/mol. The van der Waals surface area contributed by atoms with E-state index in [1.807, 2.05) is 11.8 Å². The summed E-state index contributed by atoms with van der Waals surface area (Å²) >= 11 is 0. The highest BCUT2D eigenvalue weighted by atomic mass is 19.4. The molecule has 2 fully saturated rings. The number of nitrogens with one attached hydrogen (secondary N) is 1. The van der Waals surface area contributed by atoms with Gasteiger partial charge in [-0.05, 0) is 82.6 Å². The molecule has 0 spiro atoms. The molecule has 0 aliphatic carbocycles. The minimum atomic E-state index is -4.34. The Labute approximate surface area is 184 Å². The van der Waals surface area contributed by atoms with E-state index in [9.17, 15) is 18.0 Å². The average molecular weight is 440 g/mol. The van der Waals surface area contributed by atoms with Gasteiger partial charge in [0.25, 0.3) is 0 Å². The Hall–Kier alpha value is -1.60. The molecule has 31 heavy (non-hydrogen) atoms. The lowest BCUT2D eigenvalue weighted by molar-refractivity contribution is -0.141. The van der Waals surface area contributed by atoms with E-state index in [4.69, 9.17) is 0 Å². The molecule has 174 valence electrons. The van der Waals surface area contributed by atoms with E-state index >= 15 is 0 Å². The third kappa shape index (κ3) is 6.22. The number of halogens is 3. The van der Waals surface area contributed by atoms with Crippen LogP contribution < -0.4 is 5.32 Å². The largest absolute Gasteiger partial charge is 0.416 e. The molecule has 2 aliphatic heterocycles. The van der Waals surface area contributed by atoms with E-state index in [1.165, 1.54) is 18.6 Å². The van der Waals surface area contributed by atoms with Gasteiger partial charge in [0.15, 0.2) is 0 Å². The molecule has 2 unspecified atom stereocenters. The number of amides is 1. The molecular formula is C24H36F3N3O. The van der Waals surface area contributed by atoms with E-state index < -0.39 is 11.7 Å². The monoisotopic (exact) mass is 439 g/mol. The van der Waals surface area contributed by atoms with Gasteiger partial charge in [0.05, 0.1) is 11.6 Å². The van der Waals surface area contributed by atoms with Crippen LogP contribution in [0.3, 0.4) is 0 Å². The highest BCUT2D eigenvalue weighted by molar-refractivity contribution is 5.82. The van der Waals surface area contributed by atoms with E-state index in [2.05, 4.69) is 17.1 Å². The summed E-state index contributed by atoms with van der Waals surface area (Å²) in [6, 6.07) is 5.36. The summed E-state index contributed by atoms with van der Waals surface area (Å²) in [5, 5.41) is 3.38.